The first-order valence-electron chi connectivity index (χ1n) is 9.88. The van der Waals surface area contributed by atoms with Crippen molar-refractivity contribution in [3.05, 3.63) is 101 Å². The molecule has 0 aliphatic heterocycles. The number of fused-ring (bicyclic) bond motifs is 1. The van der Waals surface area contributed by atoms with E-state index in [4.69, 9.17) is 4.42 Å². The van der Waals surface area contributed by atoms with Crippen molar-refractivity contribution in [2.75, 3.05) is 10.6 Å². The summed E-state index contributed by atoms with van der Waals surface area (Å²) < 4.78 is 6.72. The molecule has 0 unspecified atom stereocenters. The Labute approximate surface area is 181 Å². The van der Waals surface area contributed by atoms with Crippen LogP contribution in [0.2, 0.25) is 0 Å². The predicted octanol–water partition coefficient (Wildman–Crippen LogP) is 3.57. The lowest BCUT2D eigenvalue weighted by Crippen LogP contribution is -2.14. The number of amides is 1. The summed E-state index contributed by atoms with van der Waals surface area (Å²) in [6.07, 6.45) is 2.96. The lowest BCUT2D eigenvalue weighted by atomic mass is 10.2. The number of furan rings is 1. The van der Waals surface area contributed by atoms with E-state index in [-0.39, 0.29) is 17.2 Å². The summed E-state index contributed by atoms with van der Waals surface area (Å²) in [5.41, 5.74) is 2.61. The van der Waals surface area contributed by atoms with Gasteiger partial charge in [-0.3, -0.25) is 14.6 Å². The van der Waals surface area contributed by atoms with Crippen molar-refractivity contribution in [3.8, 4) is 5.69 Å². The molecule has 9 nitrogen and oxygen atoms in total. The molecule has 5 aromatic rings. The number of nitrogens with one attached hydrogen (secondary N) is 3. The molecule has 32 heavy (non-hydrogen) atoms. The molecular weight excluding hydrogens is 408 g/mol. The minimum absolute atomic E-state index is 0.246. The molecule has 0 saturated heterocycles. The van der Waals surface area contributed by atoms with Gasteiger partial charge in [-0.15, -0.1) is 0 Å². The molecule has 158 valence electrons. The van der Waals surface area contributed by atoms with Crippen LogP contribution >= 0.6 is 0 Å². The number of rotatable bonds is 6. The quantitative estimate of drug-likeness (QED) is 0.382. The number of nitrogens with zero attached hydrogens (tertiary/aromatic N) is 3. The maximum Gasteiger partial charge on any atom is 0.291 e. The topological polar surface area (TPSA) is 118 Å². The first-order chi connectivity index (χ1) is 15.7. The van der Waals surface area contributed by atoms with Gasteiger partial charge in [0.25, 0.3) is 11.5 Å². The van der Waals surface area contributed by atoms with Crippen molar-refractivity contribution in [2.24, 2.45) is 0 Å². The fraction of sp³-hybridized carbons (Fsp3) is 0.0435. The van der Waals surface area contributed by atoms with Crippen LogP contribution in [0, 0.1) is 0 Å². The summed E-state index contributed by atoms with van der Waals surface area (Å²) >= 11 is 0. The molecule has 0 bridgehead atoms. The van der Waals surface area contributed by atoms with E-state index >= 15 is 0 Å². The molecule has 3 N–H and O–H groups in total. The third-order valence-corrected chi connectivity index (χ3v) is 4.86. The first kappa shape index (κ1) is 19.3. The van der Waals surface area contributed by atoms with Crippen molar-refractivity contribution in [1.82, 2.24) is 19.7 Å². The Morgan fingerprint density at radius 2 is 1.84 bits per heavy atom. The molecule has 0 radical (unpaired) electrons. The second-order valence-corrected chi connectivity index (χ2v) is 7.03. The van der Waals surface area contributed by atoms with Gasteiger partial charge in [0.05, 0.1) is 18.1 Å². The number of hydrogen-bond donors (Lipinski definition) is 3. The molecular formula is C23H18N6O3. The van der Waals surface area contributed by atoms with Gasteiger partial charge in [-0.25, -0.2) is 4.68 Å². The fourth-order valence-electron chi connectivity index (χ4n) is 3.25. The average Bonchev–Trinajstić information content (AvgIpc) is 3.50. The van der Waals surface area contributed by atoms with Gasteiger partial charge in [-0.2, -0.15) is 10.1 Å². The number of carbonyl (C=O) groups is 1. The lowest BCUT2D eigenvalue weighted by molar-refractivity contribution is 0.0996. The standard InChI is InChI=1S/C23H18N6O3/c30-21-18-14-25-29(17-5-2-1-3-6-17)20(18)27-23(28-21)24-13-15-8-10-16(11-9-15)26-22(31)19-7-4-12-32-19/h1-12,14H,13H2,(H,26,31)(H2,24,27,28,30). The highest BCUT2D eigenvalue weighted by atomic mass is 16.3. The largest absolute Gasteiger partial charge is 0.459 e. The molecule has 0 aliphatic carbocycles. The molecule has 0 atom stereocenters. The van der Waals surface area contributed by atoms with Crippen molar-refractivity contribution < 1.29 is 9.21 Å². The number of carbonyl (C=O) groups excluding carboxylic acids is 1. The Morgan fingerprint density at radius 1 is 1.03 bits per heavy atom. The molecule has 5 rings (SSSR count). The number of aromatic amines is 1. The fourth-order valence-corrected chi connectivity index (χ4v) is 3.25. The van der Waals surface area contributed by atoms with E-state index in [1.54, 1.807) is 28.9 Å². The van der Waals surface area contributed by atoms with E-state index in [1.165, 1.54) is 12.5 Å². The highest BCUT2D eigenvalue weighted by molar-refractivity contribution is 6.02. The zero-order valence-corrected chi connectivity index (χ0v) is 16.8. The van der Waals surface area contributed by atoms with E-state index in [9.17, 15) is 9.59 Å². The van der Waals surface area contributed by atoms with Crippen LogP contribution in [0.4, 0.5) is 11.6 Å². The smallest absolute Gasteiger partial charge is 0.291 e. The summed E-state index contributed by atoms with van der Waals surface area (Å²) in [5, 5.41) is 10.6. The van der Waals surface area contributed by atoms with Crippen LogP contribution in [0.3, 0.4) is 0 Å². The van der Waals surface area contributed by atoms with Gasteiger partial charge >= 0.3 is 0 Å². The maximum atomic E-state index is 12.5. The highest BCUT2D eigenvalue weighted by Crippen LogP contribution is 2.16. The van der Waals surface area contributed by atoms with Gasteiger partial charge in [-0.05, 0) is 42.0 Å². The van der Waals surface area contributed by atoms with E-state index in [0.29, 0.717) is 29.2 Å². The van der Waals surface area contributed by atoms with Crippen molar-refractivity contribution in [3.63, 3.8) is 0 Å². The van der Waals surface area contributed by atoms with Gasteiger partial charge in [0.1, 0.15) is 5.39 Å². The van der Waals surface area contributed by atoms with Crippen LogP contribution in [-0.2, 0) is 6.54 Å². The Morgan fingerprint density at radius 3 is 2.59 bits per heavy atom. The summed E-state index contributed by atoms with van der Waals surface area (Å²) in [4.78, 5) is 31.8. The van der Waals surface area contributed by atoms with Crippen molar-refractivity contribution >= 4 is 28.6 Å². The Hall–Kier alpha value is -4.66. The second kappa shape index (κ2) is 8.23. The molecule has 0 saturated carbocycles. The normalized spacial score (nSPS) is 10.9. The number of para-hydroxylation sites is 1. The van der Waals surface area contributed by atoms with Gasteiger partial charge in [0, 0.05) is 12.2 Å². The monoisotopic (exact) mass is 426 g/mol. The first-order valence-corrected chi connectivity index (χ1v) is 9.88. The van der Waals surface area contributed by atoms with Crippen LogP contribution in [0.5, 0.6) is 0 Å². The summed E-state index contributed by atoms with van der Waals surface area (Å²) in [5.74, 6) is 0.275. The summed E-state index contributed by atoms with van der Waals surface area (Å²) in [6, 6.07) is 20.1. The van der Waals surface area contributed by atoms with E-state index < -0.39 is 0 Å². The molecule has 0 spiro atoms. The number of H-pyrrole nitrogens is 1. The Bertz CT molecular complexity index is 1420. The summed E-state index contributed by atoms with van der Waals surface area (Å²) in [6.45, 7) is 0.431. The molecule has 2 aromatic carbocycles. The van der Waals surface area contributed by atoms with Crippen molar-refractivity contribution in [1.29, 1.82) is 0 Å². The summed E-state index contributed by atoms with van der Waals surface area (Å²) in [7, 11) is 0. The van der Waals surface area contributed by atoms with Crippen LogP contribution in [0.15, 0.2) is 88.4 Å². The van der Waals surface area contributed by atoms with Gasteiger partial charge in [-0.1, -0.05) is 30.3 Å². The molecule has 0 aliphatic rings. The van der Waals surface area contributed by atoms with Crippen LogP contribution in [-0.4, -0.2) is 25.7 Å². The molecule has 3 aromatic heterocycles. The Kier molecular flexibility index (Phi) is 4.97. The van der Waals surface area contributed by atoms with E-state index in [2.05, 4.69) is 25.7 Å². The van der Waals surface area contributed by atoms with Crippen LogP contribution in [0.25, 0.3) is 16.7 Å². The SMILES string of the molecule is O=C(Nc1ccc(CNc2nc3c(cnn3-c3ccccc3)c(=O)[nH]2)cc1)c1ccco1. The predicted molar refractivity (Wildman–Crippen MR) is 120 cm³/mol. The van der Waals surface area contributed by atoms with Crippen LogP contribution in [0.1, 0.15) is 16.1 Å². The van der Waals surface area contributed by atoms with E-state index in [1.807, 2.05) is 42.5 Å². The molecule has 9 heteroatoms. The second-order valence-electron chi connectivity index (χ2n) is 7.03. The highest BCUT2D eigenvalue weighted by Gasteiger charge is 2.12. The minimum Gasteiger partial charge on any atom is -0.459 e. The molecule has 0 fully saturated rings. The van der Waals surface area contributed by atoms with Gasteiger partial charge < -0.3 is 15.1 Å². The Balaban J connectivity index is 1.31. The van der Waals surface area contributed by atoms with Gasteiger partial charge in [0.2, 0.25) is 5.95 Å². The third kappa shape index (κ3) is 3.86. The average molecular weight is 426 g/mol. The molecule has 3 heterocycles. The maximum absolute atomic E-state index is 12.5. The minimum atomic E-state index is -0.314. The zero-order valence-electron chi connectivity index (χ0n) is 16.8. The van der Waals surface area contributed by atoms with Crippen LogP contribution < -0.4 is 16.2 Å². The number of anilines is 2. The zero-order chi connectivity index (χ0) is 21.9. The third-order valence-electron chi connectivity index (χ3n) is 4.86. The number of benzene rings is 2. The lowest BCUT2D eigenvalue weighted by Gasteiger charge is -2.08. The number of hydrogen-bond acceptors (Lipinski definition) is 6. The molecule has 1 amide bonds. The van der Waals surface area contributed by atoms with Crippen molar-refractivity contribution in [2.45, 2.75) is 6.54 Å². The number of aromatic nitrogens is 4. The van der Waals surface area contributed by atoms with Gasteiger partial charge in [0.15, 0.2) is 11.4 Å². The van der Waals surface area contributed by atoms with E-state index in [0.717, 1.165) is 11.3 Å².